The number of likely N-dealkylation sites (N-methyl/N-ethyl adjacent to an activating group) is 1. The molecule has 1 aromatic rings. The Bertz CT molecular complexity index is 532. The third kappa shape index (κ3) is 4.51. The lowest BCUT2D eigenvalue weighted by Crippen LogP contribution is -2.56. The second-order valence-electron chi connectivity index (χ2n) is 4.95. The van der Waals surface area contributed by atoms with Gasteiger partial charge in [0.2, 0.25) is 5.60 Å². The Morgan fingerprint density at radius 3 is 2.30 bits per heavy atom. The van der Waals surface area contributed by atoms with Gasteiger partial charge in [-0.25, -0.2) is 0 Å². The van der Waals surface area contributed by atoms with Crippen molar-refractivity contribution in [3.8, 4) is 11.5 Å². The van der Waals surface area contributed by atoms with Gasteiger partial charge in [-0.3, -0.25) is 4.79 Å². The minimum Gasteiger partial charge on any atom is -0.493 e. The lowest BCUT2D eigenvalue weighted by Gasteiger charge is -2.31. The molecule has 1 amide bonds. The van der Waals surface area contributed by atoms with Crippen LogP contribution in [0.4, 0.5) is 13.2 Å². The SMILES string of the molecule is CCN(CCOc1ccccc1OC)C(=O)C(C)(O)C(F)(F)F. The fraction of sp³-hybridized carbons (Fsp3) is 0.533. The largest absolute Gasteiger partial charge is 0.493 e. The van der Waals surface area contributed by atoms with Gasteiger partial charge in [0, 0.05) is 6.54 Å². The number of methoxy groups -OCH3 is 1. The number of halogens is 3. The van der Waals surface area contributed by atoms with Crippen molar-refractivity contribution >= 4 is 5.91 Å². The number of benzene rings is 1. The van der Waals surface area contributed by atoms with Crippen LogP contribution in [0.15, 0.2) is 24.3 Å². The van der Waals surface area contributed by atoms with Crippen LogP contribution in [-0.2, 0) is 4.79 Å². The fourth-order valence-corrected chi connectivity index (χ4v) is 1.84. The van der Waals surface area contributed by atoms with E-state index in [0.29, 0.717) is 18.4 Å². The molecule has 0 aliphatic rings. The molecule has 1 rings (SSSR count). The summed E-state index contributed by atoms with van der Waals surface area (Å²) in [5.41, 5.74) is -3.42. The van der Waals surface area contributed by atoms with Gasteiger partial charge in [-0.05, 0) is 26.0 Å². The first kappa shape index (κ1) is 19.1. The van der Waals surface area contributed by atoms with Crippen LogP contribution in [0.1, 0.15) is 13.8 Å². The summed E-state index contributed by atoms with van der Waals surface area (Å²) < 4.78 is 48.7. The Hall–Kier alpha value is -1.96. The van der Waals surface area contributed by atoms with E-state index in [0.717, 1.165) is 4.90 Å². The number of carbonyl (C=O) groups is 1. The summed E-state index contributed by atoms with van der Waals surface area (Å²) in [6.07, 6.45) is -5.04. The quantitative estimate of drug-likeness (QED) is 0.830. The molecule has 0 saturated heterocycles. The van der Waals surface area contributed by atoms with Crippen LogP contribution in [0.3, 0.4) is 0 Å². The van der Waals surface area contributed by atoms with Gasteiger partial charge in [-0.2, -0.15) is 13.2 Å². The zero-order valence-corrected chi connectivity index (χ0v) is 13.2. The highest BCUT2D eigenvalue weighted by atomic mass is 19.4. The highest BCUT2D eigenvalue weighted by Crippen LogP contribution is 2.31. The number of aliphatic hydroxyl groups is 1. The molecule has 0 radical (unpaired) electrons. The number of hydrogen-bond acceptors (Lipinski definition) is 4. The topological polar surface area (TPSA) is 59.0 Å². The van der Waals surface area contributed by atoms with Crippen molar-refractivity contribution in [2.45, 2.75) is 25.6 Å². The lowest BCUT2D eigenvalue weighted by molar-refractivity contribution is -0.250. The van der Waals surface area contributed by atoms with E-state index in [1.807, 2.05) is 0 Å². The number of alkyl halides is 3. The maximum atomic E-state index is 12.7. The molecule has 0 saturated carbocycles. The van der Waals surface area contributed by atoms with Crippen LogP contribution in [0.5, 0.6) is 11.5 Å². The summed E-state index contributed by atoms with van der Waals surface area (Å²) >= 11 is 0. The van der Waals surface area contributed by atoms with Gasteiger partial charge in [-0.15, -0.1) is 0 Å². The third-order valence-corrected chi connectivity index (χ3v) is 3.33. The molecule has 1 aromatic carbocycles. The zero-order valence-electron chi connectivity index (χ0n) is 13.2. The van der Waals surface area contributed by atoms with Gasteiger partial charge >= 0.3 is 6.18 Å². The summed E-state index contributed by atoms with van der Waals surface area (Å²) in [7, 11) is 1.46. The average Bonchev–Trinajstić information content (AvgIpc) is 2.50. The standard InChI is InChI=1S/C15H20F3NO4/c1-4-19(13(20)14(2,21)15(16,17)18)9-10-23-12-8-6-5-7-11(12)22-3/h5-8,21H,4,9-10H2,1-3H3. The Balaban J connectivity index is 2.69. The van der Waals surface area contributed by atoms with E-state index in [1.165, 1.54) is 14.0 Å². The Kier molecular flexibility index (Phi) is 6.26. The van der Waals surface area contributed by atoms with Crippen LogP contribution in [0.25, 0.3) is 0 Å². The van der Waals surface area contributed by atoms with Gasteiger partial charge in [0.15, 0.2) is 11.5 Å². The Morgan fingerprint density at radius 1 is 1.26 bits per heavy atom. The first-order valence-corrected chi connectivity index (χ1v) is 6.99. The molecule has 1 atom stereocenters. The second kappa shape index (κ2) is 7.54. The lowest BCUT2D eigenvalue weighted by atomic mass is 10.0. The number of hydrogen-bond donors (Lipinski definition) is 1. The smallest absolute Gasteiger partial charge is 0.426 e. The Labute approximate surface area is 132 Å². The van der Waals surface area contributed by atoms with Crippen LogP contribution in [0.2, 0.25) is 0 Å². The van der Waals surface area contributed by atoms with Crippen molar-refractivity contribution < 1.29 is 32.5 Å². The van der Waals surface area contributed by atoms with E-state index in [1.54, 1.807) is 24.3 Å². The molecule has 0 heterocycles. The molecule has 0 aliphatic carbocycles. The molecule has 0 bridgehead atoms. The molecule has 0 aliphatic heterocycles. The molecule has 23 heavy (non-hydrogen) atoms. The summed E-state index contributed by atoms with van der Waals surface area (Å²) in [5, 5.41) is 9.44. The van der Waals surface area contributed by atoms with Gasteiger partial charge in [-0.1, -0.05) is 12.1 Å². The number of rotatable bonds is 7. The van der Waals surface area contributed by atoms with Crippen molar-refractivity contribution in [1.29, 1.82) is 0 Å². The minimum atomic E-state index is -5.04. The number of ether oxygens (including phenoxy) is 2. The van der Waals surface area contributed by atoms with Crippen molar-refractivity contribution in [2.75, 3.05) is 26.8 Å². The summed E-state index contributed by atoms with van der Waals surface area (Å²) in [5.74, 6) is -0.513. The normalized spacial score (nSPS) is 14.0. The predicted octanol–water partition coefficient (Wildman–Crippen LogP) is 2.24. The maximum absolute atomic E-state index is 12.7. The molecular weight excluding hydrogens is 315 g/mol. The highest BCUT2D eigenvalue weighted by molar-refractivity contribution is 5.85. The van der Waals surface area contributed by atoms with E-state index < -0.39 is 17.7 Å². The summed E-state index contributed by atoms with van der Waals surface area (Å²) in [4.78, 5) is 12.8. The average molecular weight is 335 g/mol. The minimum absolute atomic E-state index is 0.0142. The van der Waals surface area contributed by atoms with Crippen LogP contribution < -0.4 is 9.47 Å². The number of carbonyl (C=O) groups excluding carboxylic acids is 1. The van der Waals surface area contributed by atoms with Gasteiger partial charge in [0.25, 0.3) is 5.91 Å². The molecule has 0 aromatic heterocycles. The number of amides is 1. The monoisotopic (exact) mass is 335 g/mol. The molecule has 130 valence electrons. The van der Waals surface area contributed by atoms with E-state index in [9.17, 15) is 23.1 Å². The maximum Gasteiger partial charge on any atom is 0.426 e. The van der Waals surface area contributed by atoms with Crippen LogP contribution >= 0.6 is 0 Å². The van der Waals surface area contributed by atoms with E-state index in [2.05, 4.69) is 0 Å². The van der Waals surface area contributed by atoms with Crippen molar-refractivity contribution in [1.82, 2.24) is 4.90 Å². The molecular formula is C15H20F3NO4. The van der Waals surface area contributed by atoms with Crippen LogP contribution in [-0.4, -0.2) is 54.5 Å². The molecule has 0 fully saturated rings. The van der Waals surface area contributed by atoms with Crippen molar-refractivity contribution in [3.05, 3.63) is 24.3 Å². The van der Waals surface area contributed by atoms with E-state index in [-0.39, 0.29) is 19.7 Å². The van der Waals surface area contributed by atoms with Crippen molar-refractivity contribution in [2.24, 2.45) is 0 Å². The summed E-state index contributed by atoms with van der Waals surface area (Å²) in [6, 6.07) is 6.78. The molecule has 8 heteroatoms. The Morgan fingerprint density at radius 2 is 1.83 bits per heavy atom. The second-order valence-corrected chi connectivity index (χ2v) is 4.95. The van der Waals surface area contributed by atoms with Gasteiger partial charge in [0.1, 0.15) is 6.61 Å². The molecule has 5 nitrogen and oxygen atoms in total. The summed E-state index contributed by atoms with van der Waals surface area (Å²) in [6.45, 7) is 1.85. The molecule has 0 spiro atoms. The first-order valence-electron chi connectivity index (χ1n) is 6.99. The van der Waals surface area contributed by atoms with Crippen LogP contribution in [0, 0.1) is 0 Å². The first-order chi connectivity index (χ1) is 10.6. The molecule has 1 N–H and O–H groups in total. The van der Waals surface area contributed by atoms with Gasteiger partial charge < -0.3 is 19.5 Å². The predicted molar refractivity (Wildman–Crippen MR) is 77.4 cm³/mol. The zero-order chi connectivity index (χ0) is 17.7. The van der Waals surface area contributed by atoms with E-state index in [4.69, 9.17) is 9.47 Å². The van der Waals surface area contributed by atoms with Gasteiger partial charge in [0.05, 0.1) is 13.7 Å². The van der Waals surface area contributed by atoms with Crippen molar-refractivity contribution in [3.63, 3.8) is 0 Å². The number of nitrogens with zero attached hydrogens (tertiary/aromatic N) is 1. The number of para-hydroxylation sites is 2. The third-order valence-electron chi connectivity index (χ3n) is 3.33. The highest BCUT2D eigenvalue weighted by Gasteiger charge is 2.56. The fourth-order valence-electron chi connectivity index (χ4n) is 1.84. The van der Waals surface area contributed by atoms with E-state index >= 15 is 0 Å². The molecule has 1 unspecified atom stereocenters.